The Balaban J connectivity index is 2.92. The molecule has 0 aliphatic carbocycles. The van der Waals surface area contributed by atoms with Gasteiger partial charge in [0.1, 0.15) is 17.5 Å². The molecular weight excluding hydrogens is 337 g/mol. The van der Waals surface area contributed by atoms with Crippen LogP contribution < -0.4 is 0 Å². The summed E-state index contributed by atoms with van der Waals surface area (Å²) < 4.78 is 58.4. The van der Waals surface area contributed by atoms with Crippen molar-refractivity contribution in [1.29, 1.82) is 0 Å². The minimum absolute atomic E-state index is 0.0430. The van der Waals surface area contributed by atoms with E-state index in [2.05, 4.69) is 0 Å². The summed E-state index contributed by atoms with van der Waals surface area (Å²) in [7, 11) is -3.03. The van der Waals surface area contributed by atoms with Gasteiger partial charge in [-0.15, -0.1) is 0 Å². The fourth-order valence-corrected chi connectivity index (χ4v) is 4.99. The van der Waals surface area contributed by atoms with Gasteiger partial charge < -0.3 is 13.3 Å². The zero-order chi connectivity index (χ0) is 18.0. The molecule has 0 bridgehead atoms. The highest BCUT2D eigenvalue weighted by Gasteiger charge is 2.41. The van der Waals surface area contributed by atoms with Crippen LogP contribution in [-0.2, 0) is 19.7 Å². The standard InChI is InChI=1S/C17H27F3O3Si/c1-4-8-21-24(22-9-5-2,23-10-6-3)11-7-15-16(19)12-14(18)13-17(15)20/h12-13H,4-11H2,1-3H3. The fourth-order valence-electron chi connectivity index (χ4n) is 2.20. The molecule has 0 unspecified atom stereocenters. The normalized spacial score (nSPS) is 11.9. The van der Waals surface area contributed by atoms with Crippen LogP contribution >= 0.6 is 0 Å². The van der Waals surface area contributed by atoms with Gasteiger partial charge >= 0.3 is 8.80 Å². The van der Waals surface area contributed by atoms with Crippen LogP contribution in [0.2, 0.25) is 6.04 Å². The Bertz CT molecular complexity index is 455. The second-order valence-electron chi connectivity index (χ2n) is 5.58. The van der Waals surface area contributed by atoms with Crippen LogP contribution in [0.5, 0.6) is 0 Å². The van der Waals surface area contributed by atoms with E-state index < -0.39 is 26.3 Å². The molecule has 0 aromatic heterocycles. The molecule has 0 N–H and O–H groups in total. The third-order valence-electron chi connectivity index (χ3n) is 3.37. The largest absolute Gasteiger partial charge is 0.501 e. The Labute approximate surface area is 143 Å². The van der Waals surface area contributed by atoms with Gasteiger partial charge in [-0.2, -0.15) is 0 Å². The maximum Gasteiger partial charge on any atom is 0.501 e. The van der Waals surface area contributed by atoms with Gasteiger partial charge in [-0.25, -0.2) is 13.2 Å². The van der Waals surface area contributed by atoms with Gasteiger partial charge in [-0.05, 0) is 25.7 Å². The Hall–Kier alpha value is -0.893. The Morgan fingerprint density at radius 3 is 1.58 bits per heavy atom. The highest BCUT2D eigenvalue weighted by atomic mass is 28.4. The molecule has 0 saturated carbocycles. The maximum atomic E-state index is 13.9. The van der Waals surface area contributed by atoms with Crippen LogP contribution in [0, 0.1) is 17.5 Å². The topological polar surface area (TPSA) is 27.7 Å². The van der Waals surface area contributed by atoms with Crippen LogP contribution in [-0.4, -0.2) is 28.6 Å². The van der Waals surface area contributed by atoms with Crippen molar-refractivity contribution in [1.82, 2.24) is 0 Å². The minimum Gasteiger partial charge on any atom is -0.373 e. The first-order valence-corrected chi connectivity index (χ1v) is 10.5. The molecule has 0 heterocycles. The molecule has 1 aromatic rings. The molecule has 0 spiro atoms. The van der Waals surface area contributed by atoms with Crippen molar-refractivity contribution in [3.8, 4) is 0 Å². The summed E-state index contributed by atoms with van der Waals surface area (Å²) in [6.07, 6.45) is 2.41. The summed E-state index contributed by atoms with van der Waals surface area (Å²) in [5.74, 6) is -2.71. The summed E-state index contributed by atoms with van der Waals surface area (Å²) in [4.78, 5) is 0. The SMILES string of the molecule is CCCO[Si](CCc1c(F)cc(F)cc1F)(OCCC)OCCC. The molecule has 0 aliphatic heterocycles. The molecule has 3 nitrogen and oxygen atoms in total. The van der Waals surface area contributed by atoms with Crippen molar-refractivity contribution < 1.29 is 26.4 Å². The molecule has 0 fully saturated rings. The number of halogens is 3. The van der Waals surface area contributed by atoms with Crippen LogP contribution in [0.3, 0.4) is 0 Å². The summed E-state index contributed by atoms with van der Waals surface area (Å²) >= 11 is 0. The van der Waals surface area contributed by atoms with Crippen molar-refractivity contribution >= 4 is 8.80 Å². The van der Waals surface area contributed by atoms with Crippen molar-refractivity contribution in [2.45, 2.75) is 52.5 Å². The molecule has 7 heteroatoms. The highest BCUT2D eigenvalue weighted by Crippen LogP contribution is 2.23. The summed E-state index contributed by atoms with van der Waals surface area (Å²) in [6.45, 7) is 7.31. The summed E-state index contributed by atoms with van der Waals surface area (Å²) in [6, 6.07) is 1.63. The van der Waals surface area contributed by atoms with E-state index in [1.54, 1.807) is 0 Å². The van der Waals surface area contributed by atoms with E-state index in [1.165, 1.54) is 0 Å². The molecule has 0 aliphatic rings. The van der Waals surface area contributed by atoms with Gasteiger partial charge in [0.25, 0.3) is 0 Å². The molecule has 1 rings (SSSR count). The second-order valence-corrected chi connectivity index (χ2v) is 8.31. The predicted octanol–water partition coefficient (Wildman–Crippen LogP) is 4.87. The van der Waals surface area contributed by atoms with Crippen molar-refractivity contribution in [3.05, 3.63) is 35.1 Å². The lowest BCUT2D eigenvalue weighted by molar-refractivity contribution is 0.0592. The highest BCUT2D eigenvalue weighted by molar-refractivity contribution is 6.60. The fraction of sp³-hybridized carbons (Fsp3) is 0.647. The number of benzene rings is 1. The van der Waals surface area contributed by atoms with E-state index in [0.717, 1.165) is 19.3 Å². The van der Waals surface area contributed by atoms with E-state index in [0.29, 0.717) is 32.0 Å². The maximum absolute atomic E-state index is 13.9. The smallest absolute Gasteiger partial charge is 0.373 e. The molecule has 0 amide bonds. The number of rotatable bonds is 12. The summed E-state index contributed by atoms with van der Waals surface area (Å²) in [5.41, 5.74) is -0.159. The van der Waals surface area contributed by atoms with Crippen molar-refractivity contribution in [3.63, 3.8) is 0 Å². The Kier molecular flexibility index (Phi) is 9.58. The average molecular weight is 364 g/mol. The van der Waals surface area contributed by atoms with E-state index in [4.69, 9.17) is 13.3 Å². The monoisotopic (exact) mass is 364 g/mol. The van der Waals surface area contributed by atoms with Gasteiger partial charge in [-0.1, -0.05) is 20.8 Å². The molecule has 138 valence electrons. The Morgan fingerprint density at radius 1 is 0.792 bits per heavy atom. The third kappa shape index (κ3) is 6.55. The van der Waals surface area contributed by atoms with Crippen LogP contribution in [0.4, 0.5) is 13.2 Å². The molecule has 1 aromatic carbocycles. The van der Waals surface area contributed by atoms with Gasteiger partial charge in [0.05, 0.1) is 0 Å². The third-order valence-corrected chi connectivity index (χ3v) is 6.16. The first-order valence-electron chi connectivity index (χ1n) is 8.53. The molecular formula is C17H27F3O3Si. The van der Waals surface area contributed by atoms with Crippen LogP contribution in [0.15, 0.2) is 12.1 Å². The van der Waals surface area contributed by atoms with E-state index in [9.17, 15) is 13.2 Å². The Morgan fingerprint density at radius 2 is 1.21 bits per heavy atom. The van der Waals surface area contributed by atoms with E-state index >= 15 is 0 Å². The van der Waals surface area contributed by atoms with Gasteiger partial charge in [0, 0.05) is 43.6 Å². The quantitative estimate of drug-likeness (QED) is 0.496. The molecule has 24 heavy (non-hydrogen) atoms. The average Bonchev–Trinajstić information content (AvgIpc) is 2.54. The van der Waals surface area contributed by atoms with E-state index in [1.807, 2.05) is 20.8 Å². The lowest BCUT2D eigenvalue weighted by Crippen LogP contribution is -2.47. The van der Waals surface area contributed by atoms with Gasteiger partial charge in [0.15, 0.2) is 0 Å². The summed E-state index contributed by atoms with van der Waals surface area (Å²) in [5, 5.41) is 0. The first kappa shape index (κ1) is 21.2. The first-order chi connectivity index (χ1) is 11.5. The van der Waals surface area contributed by atoms with Crippen molar-refractivity contribution in [2.24, 2.45) is 0 Å². The zero-order valence-electron chi connectivity index (χ0n) is 14.7. The predicted molar refractivity (Wildman–Crippen MR) is 89.3 cm³/mol. The minimum atomic E-state index is -3.03. The van der Waals surface area contributed by atoms with E-state index in [-0.39, 0.29) is 18.0 Å². The van der Waals surface area contributed by atoms with Gasteiger partial charge in [0.2, 0.25) is 0 Å². The van der Waals surface area contributed by atoms with Gasteiger partial charge in [-0.3, -0.25) is 0 Å². The molecule has 0 atom stereocenters. The molecule has 0 radical (unpaired) electrons. The van der Waals surface area contributed by atoms with Crippen LogP contribution in [0.25, 0.3) is 0 Å². The van der Waals surface area contributed by atoms with Crippen molar-refractivity contribution in [2.75, 3.05) is 19.8 Å². The van der Waals surface area contributed by atoms with Crippen LogP contribution in [0.1, 0.15) is 45.6 Å². The lowest BCUT2D eigenvalue weighted by atomic mass is 10.1. The number of hydrogen-bond acceptors (Lipinski definition) is 3. The molecule has 0 saturated heterocycles. The number of hydrogen-bond donors (Lipinski definition) is 0. The lowest BCUT2D eigenvalue weighted by Gasteiger charge is -2.29. The zero-order valence-corrected chi connectivity index (χ0v) is 15.7. The second kappa shape index (κ2) is 10.9.